The molecule has 2 aromatic heterocycles. The van der Waals surface area contributed by atoms with Crippen LogP contribution in [0.5, 0.6) is 0 Å². The topological polar surface area (TPSA) is 120 Å². The third kappa shape index (κ3) is 2.63. The van der Waals surface area contributed by atoms with Crippen molar-refractivity contribution in [3.05, 3.63) is 23.4 Å². The van der Waals surface area contributed by atoms with E-state index >= 15 is 0 Å². The van der Waals surface area contributed by atoms with Crippen LogP contribution in [-0.2, 0) is 0 Å². The van der Waals surface area contributed by atoms with Crippen molar-refractivity contribution in [3.63, 3.8) is 0 Å². The summed E-state index contributed by atoms with van der Waals surface area (Å²) in [6.07, 6.45) is 3.53. The Morgan fingerprint density at radius 3 is 3.00 bits per heavy atom. The molecule has 21 heavy (non-hydrogen) atoms. The van der Waals surface area contributed by atoms with Gasteiger partial charge in [-0.15, -0.1) is 0 Å². The van der Waals surface area contributed by atoms with Crippen molar-refractivity contribution >= 4 is 11.8 Å². The van der Waals surface area contributed by atoms with Crippen LogP contribution in [0, 0.1) is 18.3 Å². The number of hydrogen-bond donors (Lipinski definition) is 2. The van der Waals surface area contributed by atoms with Gasteiger partial charge in [-0.1, -0.05) is 0 Å². The summed E-state index contributed by atoms with van der Waals surface area (Å²) >= 11 is 0. The van der Waals surface area contributed by atoms with E-state index in [0.717, 1.165) is 37.6 Å². The lowest BCUT2D eigenvalue weighted by Crippen LogP contribution is -2.36. The lowest BCUT2D eigenvalue weighted by Gasteiger charge is -2.31. The normalized spacial score (nSPS) is 18.5. The Labute approximate surface area is 122 Å². The van der Waals surface area contributed by atoms with Crippen LogP contribution in [0.1, 0.15) is 36.0 Å². The van der Waals surface area contributed by atoms with Crippen molar-refractivity contribution in [2.24, 2.45) is 0 Å². The van der Waals surface area contributed by atoms with Gasteiger partial charge in [0.1, 0.15) is 23.3 Å². The van der Waals surface area contributed by atoms with Gasteiger partial charge >= 0.3 is 0 Å². The maximum absolute atomic E-state index is 8.87. The molecular weight excluding hydrogens is 268 g/mol. The first kappa shape index (κ1) is 13.3. The predicted molar refractivity (Wildman–Crippen MR) is 76.5 cm³/mol. The average molecular weight is 284 g/mol. The van der Waals surface area contributed by atoms with Crippen molar-refractivity contribution in [2.75, 3.05) is 23.7 Å². The second-order valence-corrected chi connectivity index (χ2v) is 5.14. The van der Waals surface area contributed by atoms with Gasteiger partial charge in [0.25, 0.3) is 0 Å². The minimum absolute atomic E-state index is 0.221. The molecule has 8 heteroatoms. The molecule has 8 nitrogen and oxygen atoms in total. The van der Waals surface area contributed by atoms with Gasteiger partial charge in [-0.25, -0.2) is 9.97 Å². The lowest BCUT2D eigenvalue weighted by molar-refractivity contribution is 0.486. The van der Waals surface area contributed by atoms with Gasteiger partial charge < -0.3 is 10.6 Å². The van der Waals surface area contributed by atoms with Crippen molar-refractivity contribution in [2.45, 2.75) is 25.7 Å². The van der Waals surface area contributed by atoms with Crippen molar-refractivity contribution < 1.29 is 0 Å². The van der Waals surface area contributed by atoms with Crippen LogP contribution in [0.2, 0.25) is 0 Å². The molecule has 0 radical (unpaired) electrons. The standard InChI is InChI=1S/C13H16N8/c1-8-17-12(20-19-8)9-3-2-4-21(7-9)13-16-6-10(5-14)11(15)18-13/h6,9H,2-4,7H2,1H3,(H2,15,16,18)(H,17,19,20)/t9-/m0/s1. The highest BCUT2D eigenvalue weighted by atomic mass is 15.3. The second kappa shape index (κ2) is 5.36. The Morgan fingerprint density at radius 1 is 1.48 bits per heavy atom. The van der Waals surface area contributed by atoms with E-state index in [1.807, 2.05) is 13.0 Å². The summed E-state index contributed by atoms with van der Waals surface area (Å²) in [6, 6.07) is 1.97. The Kier molecular flexibility index (Phi) is 3.39. The summed E-state index contributed by atoms with van der Waals surface area (Å²) < 4.78 is 0. The third-order valence-electron chi connectivity index (χ3n) is 3.61. The molecule has 108 valence electrons. The molecule has 0 saturated carbocycles. The monoisotopic (exact) mass is 284 g/mol. The van der Waals surface area contributed by atoms with Gasteiger partial charge in [-0.3, -0.25) is 5.10 Å². The third-order valence-corrected chi connectivity index (χ3v) is 3.61. The Hall–Kier alpha value is -2.69. The fourth-order valence-electron chi connectivity index (χ4n) is 2.54. The Morgan fingerprint density at radius 2 is 2.33 bits per heavy atom. The van der Waals surface area contributed by atoms with E-state index in [9.17, 15) is 0 Å². The number of nitriles is 1. The molecule has 2 aromatic rings. The first-order valence-corrected chi connectivity index (χ1v) is 6.84. The van der Waals surface area contributed by atoms with E-state index in [-0.39, 0.29) is 11.7 Å². The largest absolute Gasteiger partial charge is 0.382 e. The van der Waals surface area contributed by atoms with Crippen molar-refractivity contribution in [3.8, 4) is 6.07 Å². The molecule has 3 heterocycles. The van der Waals surface area contributed by atoms with Crippen molar-refractivity contribution in [1.82, 2.24) is 25.1 Å². The fraction of sp³-hybridized carbons (Fsp3) is 0.462. The summed E-state index contributed by atoms with van der Waals surface area (Å²) in [6.45, 7) is 3.51. The molecule has 1 fully saturated rings. The number of aromatic amines is 1. The summed E-state index contributed by atoms with van der Waals surface area (Å²) in [5, 5.41) is 16.0. The number of piperidine rings is 1. The zero-order valence-corrected chi connectivity index (χ0v) is 11.7. The van der Waals surface area contributed by atoms with Gasteiger partial charge in [0, 0.05) is 19.0 Å². The number of hydrogen-bond acceptors (Lipinski definition) is 7. The molecule has 1 aliphatic rings. The van der Waals surface area contributed by atoms with Crippen LogP contribution >= 0.6 is 0 Å². The van der Waals surface area contributed by atoms with Crippen LogP contribution in [0.25, 0.3) is 0 Å². The first-order valence-electron chi connectivity index (χ1n) is 6.84. The summed E-state index contributed by atoms with van der Waals surface area (Å²) in [5.74, 6) is 2.69. The molecular formula is C13H16N8. The van der Waals surface area contributed by atoms with Crippen LogP contribution in [0.3, 0.4) is 0 Å². The molecule has 0 unspecified atom stereocenters. The molecule has 1 saturated heterocycles. The number of H-pyrrole nitrogens is 1. The summed E-state index contributed by atoms with van der Waals surface area (Å²) in [4.78, 5) is 14.9. The minimum Gasteiger partial charge on any atom is -0.382 e. The maximum Gasteiger partial charge on any atom is 0.227 e. The quantitative estimate of drug-likeness (QED) is 0.834. The molecule has 0 spiro atoms. The first-order chi connectivity index (χ1) is 10.2. The molecule has 0 aromatic carbocycles. The van der Waals surface area contributed by atoms with Crippen LogP contribution in [-0.4, -0.2) is 38.2 Å². The van der Waals surface area contributed by atoms with E-state index < -0.39 is 0 Å². The molecule has 0 aliphatic carbocycles. The number of nitrogens with one attached hydrogen (secondary N) is 1. The van der Waals surface area contributed by atoms with Gasteiger partial charge in [0.15, 0.2) is 5.82 Å². The van der Waals surface area contributed by atoms with Crippen molar-refractivity contribution in [1.29, 1.82) is 5.26 Å². The van der Waals surface area contributed by atoms with Crippen LogP contribution in [0.15, 0.2) is 6.20 Å². The van der Waals surface area contributed by atoms with E-state index in [1.54, 1.807) is 0 Å². The predicted octanol–water partition coefficient (Wildman–Crippen LogP) is 0.741. The van der Waals surface area contributed by atoms with Gasteiger partial charge in [-0.05, 0) is 19.8 Å². The SMILES string of the molecule is Cc1nc([C@H]2CCCN(c3ncc(C#N)c(N)n3)C2)n[nH]1. The highest BCUT2D eigenvalue weighted by Gasteiger charge is 2.26. The second-order valence-electron chi connectivity index (χ2n) is 5.14. The number of anilines is 2. The number of aromatic nitrogens is 5. The Bertz CT molecular complexity index is 686. The zero-order valence-electron chi connectivity index (χ0n) is 11.7. The number of rotatable bonds is 2. The van der Waals surface area contributed by atoms with E-state index in [2.05, 4.69) is 30.0 Å². The summed E-state index contributed by atoms with van der Waals surface area (Å²) in [5.41, 5.74) is 6.06. The van der Waals surface area contributed by atoms with E-state index in [0.29, 0.717) is 11.5 Å². The zero-order chi connectivity index (χ0) is 14.8. The summed E-state index contributed by atoms with van der Waals surface area (Å²) in [7, 11) is 0. The molecule has 0 bridgehead atoms. The minimum atomic E-state index is 0.221. The fourth-order valence-corrected chi connectivity index (χ4v) is 2.54. The Balaban J connectivity index is 1.80. The van der Waals surface area contributed by atoms with Gasteiger partial charge in [-0.2, -0.15) is 15.3 Å². The smallest absolute Gasteiger partial charge is 0.227 e. The van der Waals surface area contributed by atoms with Gasteiger partial charge in [0.2, 0.25) is 5.95 Å². The van der Waals surface area contributed by atoms with Crippen LogP contribution < -0.4 is 10.6 Å². The maximum atomic E-state index is 8.87. The molecule has 0 amide bonds. The molecule has 1 aliphatic heterocycles. The highest BCUT2D eigenvalue weighted by molar-refractivity contribution is 5.50. The van der Waals surface area contributed by atoms with E-state index in [1.165, 1.54) is 6.20 Å². The number of nitrogen functional groups attached to an aromatic ring is 1. The van der Waals surface area contributed by atoms with Crippen LogP contribution in [0.4, 0.5) is 11.8 Å². The molecule has 3 N–H and O–H groups in total. The number of nitrogens with zero attached hydrogens (tertiary/aromatic N) is 6. The van der Waals surface area contributed by atoms with E-state index in [4.69, 9.17) is 11.0 Å². The molecule has 1 atom stereocenters. The average Bonchev–Trinajstić information content (AvgIpc) is 2.94. The number of aryl methyl sites for hydroxylation is 1. The lowest BCUT2D eigenvalue weighted by atomic mass is 9.98. The molecule has 3 rings (SSSR count). The highest BCUT2D eigenvalue weighted by Crippen LogP contribution is 2.27. The van der Waals surface area contributed by atoms with Gasteiger partial charge in [0.05, 0.1) is 6.20 Å². The number of nitrogens with two attached hydrogens (primary N) is 1.